The summed E-state index contributed by atoms with van der Waals surface area (Å²) in [5, 5.41) is 8.73. The van der Waals surface area contributed by atoms with Crippen molar-refractivity contribution in [2.45, 2.75) is 19.8 Å². The predicted octanol–water partition coefficient (Wildman–Crippen LogP) is 1.19. The van der Waals surface area contributed by atoms with Crippen LogP contribution in [-0.4, -0.2) is 24.3 Å². The number of hydrogen-bond donors (Lipinski definition) is 1. The van der Waals surface area contributed by atoms with Gasteiger partial charge in [0.2, 0.25) is 0 Å². The molecule has 0 atom stereocenters. The number of aliphatic carboxylic acids is 1. The first-order valence-electron chi connectivity index (χ1n) is 3.74. The molecule has 0 unspecified atom stereocenters. The molecule has 1 saturated carbocycles. The molecule has 0 bridgehead atoms. The van der Waals surface area contributed by atoms with Crippen LogP contribution in [0.5, 0.6) is 0 Å². The topological polar surface area (TPSA) is 49.7 Å². The van der Waals surface area contributed by atoms with E-state index in [9.17, 15) is 4.79 Å². The molecule has 1 rings (SSSR count). The van der Waals surface area contributed by atoms with Crippen LogP contribution in [0.15, 0.2) is 4.99 Å². The highest BCUT2D eigenvalue weighted by Gasteiger charge is 2.45. The first-order chi connectivity index (χ1) is 5.08. The van der Waals surface area contributed by atoms with E-state index in [1.165, 1.54) is 0 Å². The van der Waals surface area contributed by atoms with Crippen molar-refractivity contribution in [2.24, 2.45) is 16.3 Å². The average molecular weight is 155 g/mol. The first kappa shape index (κ1) is 8.24. The highest BCUT2D eigenvalue weighted by molar-refractivity contribution is 5.75. The quantitative estimate of drug-likeness (QED) is 0.622. The summed E-state index contributed by atoms with van der Waals surface area (Å²) in [5.74, 6) is -0.230. The van der Waals surface area contributed by atoms with Crippen LogP contribution in [0.3, 0.4) is 0 Å². The summed E-state index contributed by atoms with van der Waals surface area (Å²) in [6.45, 7) is 5.88. The van der Waals surface area contributed by atoms with E-state index in [2.05, 4.69) is 11.7 Å². The van der Waals surface area contributed by atoms with Crippen molar-refractivity contribution < 1.29 is 9.90 Å². The summed E-state index contributed by atoms with van der Waals surface area (Å²) in [7, 11) is 0. The minimum absolute atomic E-state index is 0.452. The zero-order valence-electron chi connectivity index (χ0n) is 6.71. The fourth-order valence-corrected chi connectivity index (χ4v) is 1.70. The molecule has 0 aromatic rings. The Balaban J connectivity index is 2.37. The molecule has 62 valence electrons. The van der Waals surface area contributed by atoms with E-state index in [0.717, 1.165) is 12.8 Å². The Bertz CT molecular complexity index is 183. The fraction of sp³-hybridized carbons (Fsp3) is 0.750. The Kier molecular flexibility index (Phi) is 1.98. The lowest BCUT2D eigenvalue weighted by atomic mass is 9.63. The number of carbonyl (C=O) groups is 1. The number of rotatable bonds is 3. The Hall–Kier alpha value is -0.860. The van der Waals surface area contributed by atoms with E-state index >= 15 is 0 Å². The molecular weight excluding hydrogens is 142 g/mol. The third kappa shape index (κ3) is 1.42. The molecule has 1 fully saturated rings. The lowest BCUT2D eigenvalue weighted by molar-refractivity contribution is -0.155. The first-order valence-corrected chi connectivity index (χ1v) is 3.74. The van der Waals surface area contributed by atoms with Crippen LogP contribution in [0, 0.1) is 11.3 Å². The van der Waals surface area contributed by atoms with Crippen molar-refractivity contribution in [3.05, 3.63) is 0 Å². The second-order valence-electron chi connectivity index (χ2n) is 3.55. The molecule has 0 amide bonds. The Morgan fingerprint density at radius 1 is 1.82 bits per heavy atom. The van der Waals surface area contributed by atoms with Crippen molar-refractivity contribution in [3.8, 4) is 0 Å². The molecule has 1 N–H and O–H groups in total. The maximum Gasteiger partial charge on any atom is 0.309 e. The van der Waals surface area contributed by atoms with Gasteiger partial charge in [-0.25, -0.2) is 0 Å². The summed E-state index contributed by atoms with van der Waals surface area (Å²) in [6.07, 6.45) is 1.50. The van der Waals surface area contributed by atoms with Crippen LogP contribution in [0.2, 0.25) is 0 Å². The molecule has 0 spiro atoms. The summed E-state index contributed by atoms with van der Waals surface area (Å²) in [5.41, 5.74) is -0.477. The summed E-state index contributed by atoms with van der Waals surface area (Å²) in [4.78, 5) is 14.3. The molecule has 0 aromatic heterocycles. The summed E-state index contributed by atoms with van der Waals surface area (Å²) < 4.78 is 0. The lowest BCUT2D eigenvalue weighted by Crippen LogP contribution is -2.42. The van der Waals surface area contributed by atoms with Crippen LogP contribution < -0.4 is 0 Å². The fourth-order valence-electron chi connectivity index (χ4n) is 1.70. The third-order valence-corrected chi connectivity index (χ3v) is 2.38. The molecule has 0 heterocycles. The van der Waals surface area contributed by atoms with E-state index in [0.29, 0.717) is 12.5 Å². The van der Waals surface area contributed by atoms with Crippen LogP contribution in [0.1, 0.15) is 19.8 Å². The van der Waals surface area contributed by atoms with Gasteiger partial charge < -0.3 is 10.1 Å². The van der Waals surface area contributed by atoms with Gasteiger partial charge in [0, 0.05) is 6.54 Å². The Morgan fingerprint density at radius 2 is 2.36 bits per heavy atom. The minimum Gasteiger partial charge on any atom is -0.481 e. The second-order valence-corrected chi connectivity index (χ2v) is 3.55. The average Bonchev–Trinajstić information content (AvgIpc) is 1.84. The molecule has 0 aromatic carbocycles. The summed E-state index contributed by atoms with van der Waals surface area (Å²) in [6, 6.07) is 0. The van der Waals surface area contributed by atoms with Crippen molar-refractivity contribution in [1.82, 2.24) is 0 Å². The number of hydrogen-bond acceptors (Lipinski definition) is 2. The molecule has 1 aliphatic carbocycles. The zero-order valence-corrected chi connectivity index (χ0v) is 6.71. The lowest BCUT2D eigenvalue weighted by Gasteiger charge is -2.40. The van der Waals surface area contributed by atoms with Gasteiger partial charge in [0.05, 0.1) is 5.41 Å². The maximum absolute atomic E-state index is 10.6. The SMILES string of the molecule is C=NC[C@H]1C[C@](C)(C(=O)O)C1. The number of carboxylic acid groups (broad SMARTS) is 1. The molecule has 1 aliphatic rings. The minimum atomic E-state index is -0.683. The van der Waals surface area contributed by atoms with Crippen molar-refractivity contribution >= 4 is 12.7 Å². The van der Waals surface area contributed by atoms with Crippen molar-refractivity contribution in [3.63, 3.8) is 0 Å². The van der Waals surface area contributed by atoms with Gasteiger partial charge in [-0.15, -0.1) is 0 Å². The molecule has 0 radical (unpaired) electrons. The maximum atomic E-state index is 10.6. The van der Waals surface area contributed by atoms with Gasteiger partial charge in [-0.2, -0.15) is 0 Å². The van der Waals surface area contributed by atoms with E-state index in [1.54, 1.807) is 6.92 Å². The second kappa shape index (κ2) is 2.64. The number of carboxylic acids is 1. The monoisotopic (exact) mass is 155 g/mol. The molecule has 11 heavy (non-hydrogen) atoms. The van der Waals surface area contributed by atoms with Gasteiger partial charge in [0.1, 0.15) is 0 Å². The van der Waals surface area contributed by atoms with E-state index in [-0.39, 0.29) is 0 Å². The smallest absolute Gasteiger partial charge is 0.309 e. The molecule has 3 nitrogen and oxygen atoms in total. The Labute approximate surface area is 66.1 Å². The van der Waals surface area contributed by atoms with Gasteiger partial charge >= 0.3 is 5.97 Å². The van der Waals surface area contributed by atoms with Gasteiger partial charge in [-0.3, -0.25) is 4.79 Å². The standard InChI is InChI=1S/C8H13NO2/c1-8(7(10)11)3-6(4-8)5-9-2/h6H,2-5H2,1H3,(H,10,11)/t6-,8-. The van der Waals surface area contributed by atoms with Crippen LogP contribution in [0.25, 0.3) is 0 Å². The Morgan fingerprint density at radius 3 is 2.73 bits per heavy atom. The van der Waals surface area contributed by atoms with Gasteiger partial charge in [0.25, 0.3) is 0 Å². The molecular formula is C8H13NO2. The van der Waals surface area contributed by atoms with E-state index < -0.39 is 11.4 Å². The van der Waals surface area contributed by atoms with Crippen molar-refractivity contribution in [1.29, 1.82) is 0 Å². The van der Waals surface area contributed by atoms with Gasteiger partial charge in [-0.05, 0) is 32.4 Å². The van der Waals surface area contributed by atoms with Crippen molar-refractivity contribution in [2.75, 3.05) is 6.54 Å². The van der Waals surface area contributed by atoms with Crippen LogP contribution in [0.4, 0.5) is 0 Å². The molecule has 0 aliphatic heterocycles. The highest BCUT2D eigenvalue weighted by Crippen LogP contribution is 2.45. The molecule has 3 heteroatoms. The van der Waals surface area contributed by atoms with Crippen LogP contribution in [-0.2, 0) is 4.79 Å². The third-order valence-electron chi connectivity index (χ3n) is 2.38. The van der Waals surface area contributed by atoms with E-state index in [1.807, 2.05) is 0 Å². The normalized spacial score (nSPS) is 35.9. The predicted molar refractivity (Wildman–Crippen MR) is 42.9 cm³/mol. The number of aliphatic imine (C=N–C) groups is 1. The number of nitrogens with zero attached hydrogens (tertiary/aromatic N) is 1. The van der Waals surface area contributed by atoms with Gasteiger partial charge in [0.15, 0.2) is 0 Å². The van der Waals surface area contributed by atoms with Gasteiger partial charge in [-0.1, -0.05) is 0 Å². The largest absolute Gasteiger partial charge is 0.481 e. The zero-order chi connectivity index (χ0) is 8.48. The highest BCUT2D eigenvalue weighted by atomic mass is 16.4. The van der Waals surface area contributed by atoms with Crippen LogP contribution >= 0.6 is 0 Å². The molecule has 0 saturated heterocycles. The van der Waals surface area contributed by atoms with E-state index in [4.69, 9.17) is 5.11 Å². The summed E-state index contributed by atoms with van der Waals surface area (Å²) >= 11 is 0.